The number of nitrogens with zero attached hydrogens (tertiary/aromatic N) is 2. The number of benzene rings is 3. The summed E-state index contributed by atoms with van der Waals surface area (Å²) in [5.74, 6) is -2.57. The van der Waals surface area contributed by atoms with Gasteiger partial charge >= 0.3 is 0 Å². The Bertz CT molecular complexity index is 1600. The quantitative estimate of drug-likeness (QED) is 0.332. The molecule has 4 aliphatic rings. The van der Waals surface area contributed by atoms with Crippen LogP contribution in [0.25, 0.3) is 0 Å². The molecule has 0 aromatic heterocycles. The molecule has 10 heteroatoms. The minimum absolute atomic E-state index is 0.00296. The lowest BCUT2D eigenvalue weighted by atomic mass is 9.94. The summed E-state index contributed by atoms with van der Waals surface area (Å²) in [7, 11) is 0. The molecule has 2 aliphatic carbocycles. The van der Waals surface area contributed by atoms with E-state index in [2.05, 4.69) is 34.9 Å². The lowest BCUT2D eigenvalue weighted by Crippen LogP contribution is -2.43. The topological polar surface area (TPSA) is 142 Å². The molecule has 3 aromatic rings. The molecule has 4 N–H and O–H groups in total. The van der Waals surface area contributed by atoms with Gasteiger partial charge in [0, 0.05) is 61.2 Å². The Morgan fingerprint density at radius 2 is 1.04 bits per heavy atom. The van der Waals surface area contributed by atoms with E-state index in [1.54, 1.807) is 34.1 Å². The Morgan fingerprint density at radius 3 is 1.47 bits per heavy atom. The van der Waals surface area contributed by atoms with Crippen LogP contribution in [0.5, 0.6) is 0 Å². The average Bonchev–Trinajstić information content (AvgIpc) is 3.91. The predicted molar refractivity (Wildman–Crippen MR) is 174 cm³/mol. The predicted octanol–water partition coefficient (Wildman–Crippen LogP) is 2.67. The summed E-state index contributed by atoms with van der Waals surface area (Å²) >= 11 is 0. The second kappa shape index (κ2) is 12.7. The van der Waals surface area contributed by atoms with Crippen molar-refractivity contribution in [1.29, 1.82) is 0 Å². The summed E-state index contributed by atoms with van der Waals surface area (Å²) in [5.41, 5.74) is 8.55. The van der Waals surface area contributed by atoms with Crippen molar-refractivity contribution >= 4 is 29.5 Å². The van der Waals surface area contributed by atoms with E-state index in [-0.39, 0.29) is 73.1 Å². The van der Waals surface area contributed by atoms with Crippen LogP contribution in [0.4, 0.5) is 0 Å². The molecule has 2 aliphatic heterocycles. The molecule has 0 bridgehead atoms. The zero-order valence-corrected chi connectivity index (χ0v) is 26.1. The highest BCUT2D eigenvalue weighted by Gasteiger charge is 2.49. The van der Waals surface area contributed by atoms with E-state index in [1.807, 2.05) is 36.4 Å². The number of likely N-dealkylation sites (tertiary alicyclic amines) is 2. The van der Waals surface area contributed by atoms with Gasteiger partial charge in [0.1, 0.15) is 0 Å². The van der Waals surface area contributed by atoms with Crippen molar-refractivity contribution in [2.45, 2.75) is 43.2 Å². The summed E-state index contributed by atoms with van der Waals surface area (Å²) in [6.45, 7) is 0.992. The van der Waals surface area contributed by atoms with Crippen LogP contribution in [-0.4, -0.2) is 77.6 Å². The number of hydrogen-bond donors (Lipinski definition) is 3. The summed E-state index contributed by atoms with van der Waals surface area (Å²) < 4.78 is 0. The number of nitrogens with one attached hydrogen (secondary N) is 2. The van der Waals surface area contributed by atoms with Crippen molar-refractivity contribution < 1.29 is 24.0 Å². The van der Waals surface area contributed by atoms with Gasteiger partial charge in [0.25, 0.3) is 11.8 Å². The van der Waals surface area contributed by atoms with Gasteiger partial charge in [-0.15, -0.1) is 0 Å². The molecule has 0 radical (unpaired) electrons. The van der Waals surface area contributed by atoms with Gasteiger partial charge in [-0.2, -0.15) is 0 Å². The highest BCUT2D eigenvalue weighted by atomic mass is 16.2. The molecular formula is C37H39N5O5. The number of carbonyl (C=O) groups is 5. The first-order chi connectivity index (χ1) is 22.8. The normalized spacial score (nSPS) is 27.6. The van der Waals surface area contributed by atoms with Gasteiger partial charge in [-0.25, -0.2) is 0 Å². The van der Waals surface area contributed by atoms with Gasteiger partial charge in [-0.1, -0.05) is 60.7 Å². The first-order valence-corrected chi connectivity index (χ1v) is 16.5. The van der Waals surface area contributed by atoms with E-state index < -0.39 is 17.7 Å². The minimum Gasteiger partial charge on any atom is -0.369 e. The molecule has 0 spiro atoms. The van der Waals surface area contributed by atoms with Crippen LogP contribution in [0.15, 0.2) is 84.9 Å². The van der Waals surface area contributed by atoms with E-state index >= 15 is 0 Å². The van der Waals surface area contributed by atoms with Crippen LogP contribution in [0.2, 0.25) is 0 Å². The van der Waals surface area contributed by atoms with Gasteiger partial charge in [0.05, 0.1) is 17.8 Å². The monoisotopic (exact) mass is 633 g/mol. The smallest absolute Gasteiger partial charge is 0.253 e. The van der Waals surface area contributed by atoms with Crippen molar-refractivity contribution in [3.8, 4) is 0 Å². The molecule has 3 aromatic carbocycles. The van der Waals surface area contributed by atoms with Crippen LogP contribution in [0.3, 0.4) is 0 Å². The molecule has 7 atom stereocenters. The molecule has 2 saturated carbocycles. The summed E-state index contributed by atoms with van der Waals surface area (Å²) in [5, 5.41) is 6.32. The number of primary amides is 1. The highest BCUT2D eigenvalue weighted by molar-refractivity contribution is 5.99. The molecule has 2 saturated heterocycles. The van der Waals surface area contributed by atoms with Crippen molar-refractivity contribution in [2.24, 2.45) is 23.5 Å². The number of carbonyl (C=O) groups excluding carboxylic acids is 5. The van der Waals surface area contributed by atoms with Gasteiger partial charge < -0.3 is 26.2 Å². The zero-order valence-electron chi connectivity index (χ0n) is 26.1. The molecule has 4 fully saturated rings. The van der Waals surface area contributed by atoms with Crippen LogP contribution in [0, 0.1) is 17.8 Å². The second-order valence-electron chi connectivity index (χ2n) is 13.4. The molecule has 47 heavy (non-hydrogen) atoms. The molecule has 2 heterocycles. The minimum atomic E-state index is -0.681. The van der Waals surface area contributed by atoms with Crippen molar-refractivity contribution in [3.05, 3.63) is 107 Å². The fourth-order valence-electron chi connectivity index (χ4n) is 7.22. The Balaban J connectivity index is 1.03. The summed E-state index contributed by atoms with van der Waals surface area (Å²) in [4.78, 5) is 68.8. The van der Waals surface area contributed by atoms with Crippen LogP contribution >= 0.6 is 0 Å². The van der Waals surface area contributed by atoms with Crippen LogP contribution in [0.1, 0.15) is 62.9 Å². The maximum Gasteiger partial charge on any atom is 0.253 e. The SMILES string of the molecule is NC(=O)[C@H]1CCN(C(=O)c2ccc(C(=O)N3C[C@@H](C(=O)N[C@H]4CC4c4ccccc4)[C@H](C(=O)N[C@H]4C[C@@H]4c4ccccc4)C3)cc2)C1. The summed E-state index contributed by atoms with van der Waals surface area (Å²) in [6, 6.07) is 26.5. The Hall–Kier alpha value is -4.99. The Kier molecular flexibility index (Phi) is 8.26. The third-order valence-electron chi connectivity index (χ3n) is 10.2. The second-order valence-corrected chi connectivity index (χ2v) is 13.4. The van der Waals surface area contributed by atoms with E-state index in [1.165, 1.54) is 11.1 Å². The van der Waals surface area contributed by atoms with Gasteiger partial charge in [-0.3, -0.25) is 24.0 Å². The molecule has 1 unspecified atom stereocenters. The van der Waals surface area contributed by atoms with E-state index in [9.17, 15) is 24.0 Å². The Labute approximate surface area is 273 Å². The third kappa shape index (κ3) is 6.50. The van der Waals surface area contributed by atoms with Crippen molar-refractivity contribution in [3.63, 3.8) is 0 Å². The average molecular weight is 634 g/mol. The number of rotatable bonds is 9. The highest BCUT2D eigenvalue weighted by Crippen LogP contribution is 2.42. The maximum absolute atomic E-state index is 13.7. The van der Waals surface area contributed by atoms with Crippen molar-refractivity contribution in [1.82, 2.24) is 20.4 Å². The number of nitrogens with two attached hydrogens (primary N) is 1. The van der Waals surface area contributed by atoms with E-state index in [0.717, 1.165) is 12.8 Å². The number of amides is 5. The lowest BCUT2D eigenvalue weighted by Gasteiger charge is -2.18. The maximum atomic E-state index is 13.7. The molecule has 10 nitrogen and oxygen atoms in total. The first-order valence-electron chi connectivity index (χ1n) is 16.5. The van der Waals surface area contributed by atoms with Crippen LogP contribution < -0.4 is 16.4 Å². The molecule has 5 amide bonds. The van der Waals surface area contributed by atoms with Crippen molar-refractivity contribution in [2.75, 3.05) is 26.2 Å². The number of hydrogen-bond acceptors (Lipinski definition) is 5. The van der Waals surface area contributed by atoms with Gasteiger partial charge in [-0.05, 0) is 54.7 Å². The van der Waals surface area contributed by atoms with Gasteiger partial charge in [0.2, 0.25) is 17.7 Å². The van der Waals surface area contributed by atoms with E-state index in [0.29, 0.717) is 24.1 Å². The molecule has 7 rings (SSSR count). The zero-order chi connectivity index (χ0) is 32.7. The fraction of sp³-hybridized carbons (Fsp3) is 0.378. The third-order valence-corrected chi connectivity index (χ3v) is 10.2. The summed E-state index contributed by atoms with van der Waals surface area (Å²) in [6.07, 6.45) is 2.22. The standard InChI is InChI=1S/C37H39N5O5/c38-33(43)26-15-16-41(19-26)36(46)24-11-13-25(14-12-24)37(47)42-20-29(34(44)39-31-17-27(31)22-7-3-1-4-8-22)30(21-42)35(45)40-32-18-28(32)23-9-5-2-6-10-23/h1-14,26-32H,15-21H2,(H2,38,43)(H,39,44)(H,40,45)/t26-,27+,28?,29+,30+,31-,32-/m0/s1. The fourth-order valence-corrected chi connectivity index (χ4v) is 7.22. The van der Waals surface area contributed by atoms with E-state index in [4.69, 9.17) is 5.73 Å². The van der Waals surface area contributed by atoms with Gasteiger partial charge in [0.15, 0.2) is 0 Å². The first kappa shape index (κ1) is 30.7. The molecular weight excluding hydrogens is 594 g/mol. The Morgan fingerprint density at radius 1 is 0.596 bits per heavy atom. The lowest BCUT2D eigenvalue weighted by molar-refractivity contribution is -0.133. The van der Waals surface area contributed by atoms with Crippen LogP contribution in [-0.2, 0) is 14.4 Å². The molecule has 242 valence electrons. The largest absolute Gasteiger partial charge is 0.369 e.